The Morgan fingerprint density at radius 2 is 2.00 bits per heavy atom. The van der Waals surface area contributed by atoms with Gasteiger partial charge >= 0.3 is 0 Å². The summed E-state index contributed by atoms with van der Waals surface area (Å²) in [6.07, 6.45) is 1.58. The largest absolute Gasteiger partial charge is 0.333 e. The van der Waals surface area contributed by atoms with Crippen LogP contribution in [0.3, 0.4) is 0 Å². The smallest absolute Gasteiger partial charge is 0.274 e. The lowest BCUT2D eigenvalue weighted by Crippen LogP contribution is -2.28. The van der Waals surface area contributed by atoms with E-state index >= 15 is 0 Å². The minimum atomic E-state index is -0.316. The van der Waals surface area contributed by atoms with E-state index < -0.39 is 0 Å². The van der Waals surface area contributed by atoms with Crippen molar-refractivity contribution in [2.24, 2.45) is 7.05 Å². The zero-order chi connectivity index (χ0) is 17.3. The number of hydrogen-bond acceptors (Lipinski definition) is 4. The molecule has 0 saturated heterocycles. The molecule has 0 unspecified atom stereocenters. The Morgan fingerprint density at radius 1 is 1.29 bits per heavy atom. The number of rotatable bonds is 4. The van der Waals surface area contributed by atoms with E-state index in [0.717, 1.165) is 5.69 Å². The standard InChI is InChI=1S/C16H17FN6O/c1-11-8-14(20-23(11)13-6-4-12(17)5-7-13)16(24)21(2)9-15-19-18-10-22(15)3/h4-8,10H,9H2,1-3H3. The normalized spacial score (nSPS) is 10.8. The number of aryl methyl sites for hydroxylation is 2. The summed E-state index contributed by atoms with van der Waals surface area (Å²) in [5.74, 6) is 0.144. The molecule has 3 rings (SSSR count). The zero-order valence-corrected chi connectivity index (χ0v) is 13.6. The fourth-order valence-electron chi connectivity index (χ4n) is 2.35. The molecule has 0 aliphatic rings. The predicted octanol–water partition coefficient (Wildman–Crippen LogP) is 1.72. The number of nitrogens with zero attached hydrogens (tertiary/aromatic N) is 6. The van der Waals surface area contributed by atoms with Crippen molar-refractivity contribution in [1.29, 1.82) is 0 Å². The van der Waals surface area contributed by atoms with E-state index in [2.05, 4.69) is 15.3 Å². The molecule has 0 radical (unpaired) electrons. The molecule has 2 heterocycles. The summed E-state index contributed by atoms with van der Waals surface area (Å²) >= 11 is 0. The number of benzene rings is 1. The number of carbonyl (C=O) groups is 1. The van der Waals surface area contributed by atoms with Gasteiger partial charge in [0.15, 0.2) is 11.5 Å². The highest BCUT2D eigenvalue weighted by molar-refractivity contribution is 5.92. The minimum Gasteiger partial charge on any atom is -0.333 e. The lowest BCUT2D eigenvalue weighted by Gasteiger charge is -2.14. The van der Waals surface area contributed by atoms with Gasteiger partial charge in [-0.3, -0.25) is 4.79 Å². The molecule has 0 aliphatic carbocycles. The highest BCUT2D eigenvalue weighted by Crippen LogP contribution is 2.14. The first-order chi connectivity index (χ1) is 11.5. The van der Waals surface area contributed by atoms with Crippen molar-refractivity contribution < 1.29 is 9.18 Å². The molecule has 0 spiro atoms. The average molecular weight is 328 g/mol. The first kappa shape index (κ1) is 15.9. The van der Waals surface area contributed by atoms with Crippen molar-refractivity contribution in [3.05, 3.63) is 59.7 Å². The van der Waals surface area contributed by atoms with Crippen LogP contribution in [-0.2, 0) is 13.6 Å². The van der Waals surface area contributed by atoms with E-state index in [4.69, 9.17) is 0 Å². The zero-order valence-electron chi connectivity index (χ0n) is 13.6. The van der Waals surface area contributed by atoms with Gasteiger partial charge in [-0.1, -0.05) is 0 Å². The maximum Gasteiger partial charge on any atom is 0.274 e. The molecule has 124 valence electrons. The number of aromatic nitrogens is 5. The van der Waals surface area contributed by atoms with Crippen LogP contribution in [0.15, 0.2) is 36.7 Å². The molecule has 7 nitrogen and oxygen atoms in total. The maximum absolute atomic E-state index is 13.1. The monoisotopic (exact) mass is 328 g/mol. The van der Waals surface area contributed by atoms with Crippen LogP contribution in [0.25, 0.3) is 5.69 Å². The summed E-state index contributed by atoms with van der Waals surface area (Å²) in [6, 6.07) is 7.66. The van der Waals surface area contributed by atoms with Crippen LogP contribution in [0.4, 0.5) is 4.39 Å². The highest BCUT2D eigenvalue weighted by Gasteiger charge is 2.18. The molecule has 0 bridgehead atoms. The fraction of sp³-hybridized carbons (Fsp3) is 0.250. The molecule has 0 fully saturated rings. The molecule has 1 aromatic carbocycles. The van der Waals surface area contributed by atoms with Gasteiger partial charge in [0, 0.05) is 19.8 Å². The lowest BCUT2D eigenvalue weighted by molar-refractivity contribution is 0.0774. The summed E-state index contributed by atoms with van der Waals surface area (Å²) in [7, 11) is 3.50. The summed E-state index contributed by atoms with van der Waals surface area (Å²) in [6.45, 7) is 2.17. The Morgan fingerprint density at radius 3 is 2.62 bits per heavy atom. The van der Waals surface area contributed by atoms with Gasteiger partial charge < -0.3 is 9.47 Å². The van der Waals surface area contributed by atoms with Crippen LogP contribution in [0.1, 0.15) is 22.0 Å². The van der Waals surface area contributed by atoms with Crippen molar-refractivity contribution in [1.82, 2.24) is 29.4 Å². The molecule has 1 amide bonds. The van der Waals surface area contributed by atoms with Gasteiger partial charge in [0.2, 0.25) is 0 Å². The number of amides is 1. The molecule has 3 aromatic rings. The van der Waals surface area contributed by atoms with E-state index in [-0.39, 0.29) is 11.7 Å². The van der Waals surface area contributed by atoms with Gasteiger partial charge in [0.25, 0.3) is 5.91 Å². The molecule has 24 heavy (non-hydrogen) atoms. The van der Waals surface area contributed by atoms with Gasteiger partial charge in [0.05, 0.1) is 12.2 Å². The molecule has 2 aromatic heterocycles. The molecule has 0 aliphatic heterocycles. The molecular weight excluding hydrogens is 311 g/mol. The number of halogens is 1. The second kappa shape index (κ2) is 6.23. The van der Waals surface area contributed by atoms with Crippen LogP contribution >= 0.6 is 0 Å². The molecule has 0 atom stereocenters. The van der Waals surface area contributed by atoms with E-state index in [1.807, 2.05) is 14.0 Å². The third kappa shape index (κ3) is 3.03. The summed E-state index contributed by atoms with van der Waals surface area (Å²) in [5, 5.41) is 12.1. The SMILES string of the molecule is Cc1cc(C(=O)N(C)Cc2nncn2C)nn1-c1ccc(F)cc1. The second-order valence-electron chi connectivity index (χ2n) is 5.58. The van der Waals surface area contributed by atoms with Crippen molar-refractivity contribution >= 4 is 5.91 Å². The summed E-state index contributed by atoms with van der Waals surface area (Å²) in [5.41, 5.74) is 1.81. The third-order valence-electron chi connectivity index (χ3n) is 3.71. The molecule has 0 N–H and O–H groups in total. The van der Waals surface area contributed by atoms with Crippen LogP contribution in [-0.4, -0.2) is 42.4 Å². The minimum absolute atomic E-state index is 0.220. The van der Waals surface area contributed by atoms with E-state index in [1.54, 1.807) is 40.8 Å². The quantitative estimate of drug-likeness (QED) is 0.731. The summed E-state index contributed by atoms with van der Waals surface area (Å²) in [4.78, 5) is 14.1. The van der Waals surface area contributed by atoms with Crippen molar-refractivity contribution in [2.45, 2.75) is 13.5 Å². The van der Waals surface area contributed by atoms with E-state index in [9.17, 15) is 9.18 Å². The predicted molar refractivity (Wildman–Crippen MR) is 85.1 cm³/mol. The van der Waals surface area contributed by atoms with E-state index in [1.165, 1.54) is 17.0 Å². The van der Waals surface area contributed by atoms with Crippen LogP contribution in [0.2, 0.25) is 0 Å². The highest BCUT2D eigenvalue weighted by atomic mass is 19.1. The molecule has 0 saturated carbocycles. The fourth-order valence-corrected chi connectivity index (χ4v) is 2.35. The Labute approximate surface area is 138 Å². The maximum atomic E-state index is 13.1. The van der Waals surface area contributed by atoms with Crippen molar-refractivity contribution in [2.75, 3.05) is 7.05 Å². The van der Waals surface area contributed by atoms with Crippen molar-refractivity contribution in [3.63, 3.8) is 0 Å². The molecular formula is C16H17FN6O. The Balaban J connectivity index is 1.82. The van der Waals surface area contributed by atoms with Gasteiger partial charge in [-0.25, -0.2) is 9.07 Å². The van der Waals surface area contributed by atoms with Gasteiger partial charge in [0.1, 0.15) is 12.1 Å². The first-order valence-corrected chi connectivity index (χ1v) is 7.36. The van der Waals surface area contributed by atoms with E-state index in [0.29, 0.717) is 23.8 Å². The van der Waals surface area contributed by atoms with Gasteiger partial charge in [-0.15, -0.1) is 10.2 Å². The van der Waals surface area contributed by atoms with Crippen molar-refractivity contribution in [3.8, 4) is 5.69 Å². The number of carbonyl (C=O) groups excluding carboxylic acids is 1. The lowest BCUT2D eigenvalue weighted by atomic mass is 10.3. The Hall–Kier alpha value is -3.03. The Kier molecular flexibility index (Phi) is 4.11. The second-order valence-corrected chi connectivity index (χ2v) is 5.58. The van der Waals surface area contributed by atoms with Gasteiger partial charge in [-0.2, -0.15) is 5.10 Å². The van der Waals surface area contributed by atoms with Crippen LogP contribution < -0.4 is 0 Å². The van der Waals surface area contributed by atoms with Crippen LogP contribution in [0.5, 0.6) is 0 Å². The Bertz CT molecular complexity index is 867. The topological polar surface area (TPSA) is 68.8 Å². The first-order valence-electron chi connectivity index (χ1n) is 7.36. The third-order valence-corrected chi connectivity index (χ3v) is 3.71. The molecule has 8 heteroatoms. The average Bonchev–Trinajstić information content (AvgIpc) is 3.14. The van der Waals surface area contributed by atoms with Gasteiger partial charge in [-0.05, 0) is 37.3 Å². The van der Waals surface area contributed by atoms with Crippen LogP contribution in [0, 0.1) is 12.7 Å². The summed E-state index contributed by atoms with van der Waals surface area (Å²) < 4.78 is 16.4. The number of hydrogen-bond donors (Lipinski definition) is 0.